The Hall–Kier alpha value is -0.120. The lowest BCUT2D eigenvalue weighted by Gasteiger charge is -2.42. The second-order valence-corrected chi connectivity index (χ2v) is 5.93. The van der Waals surface area contributed by atoms with Crippen LogP contribution in [0.15, 0.2) is 0 Å². The van der Waals surface area contributed by atoms with E-state index in [2.05, 4.69) is 24.1 Å². The lowest BCUT2D eigenvalue weighted by Crippen LogP contribution is -2.59. The Bertz CT molecular complexity index is 242. The fraction of sp³-hybridized carbons (Fsp3) is 1.00. The first-order valence-corrected chi connectivity index (χ1v) is 7.32. The third kappa shape index (κ3) is 3.01. The predicted molar refractivity (Wildman–Crippen MR) is 71.1 cm³/mol. The summed E-state index contributed by atoms with van der Waals surface area (Å²) in [7, 11) is 0. The number of likely N-dealkylation sites (tertiary alicyclic amines) is 1. The Balaban J connectivity index is 2.00. The van der Waals surface area contributed by atoms with Gasteiger partial charge >= 0.3 is 0 Å². The summed E-state index contributed by atoms with van der Waals surface area (Å²) in [6, 6.07) is 0.687. The topological polar surface area (TPSA) is 35.5 Å². The molecule has 3 heteroatoms. The molecule has 1 saturated carbocycles. The van der Waals surface area contributed by atoms with E-state index in [-0.39, 0.29) is 12.1 Å². The quantitative estimate of drug-likeness (QED) is 0.740. The number of nitrogens with one attached hydrogen (secondary N) is 1. The first kappa shape index (κ1) is 13.3. The first-order valence-electron chi connectivity index (χ1n) is 7.32. The molecular formula is C14H28N2O. The highest BCUT2D eigenvalue weighted by Gasteiger charge is 2.45. The molecule has 17 heavy (non-hydrogen) atoms. The molecule has 3 nitrogen and oxygen atoms in total. The number of aliphatic hydroxyl groups excluding tert-OH is 1. The van der Waals surface area contributed by atoms with Crippen molar-refractivity contribution in [1.29, 1.82) is 0 Å². The van der Waals surface area contributed by atoms with Crippen LogP contribution >= 0.6 is 0 Å². The molecule has 0 aromatic carbocycles. The number of piperidine rings is 1. The molecule has 100 valence electrons. The van der Waals surface area contributed by atoms with Gasteiger partial charge < -0.3 is 10.4 Å². The maximum absolute atomic E-state index is 9.85. The standard InChI is InChI=1S/C14H28N2O/c1-3-15-14(11-17,13-7-8-13)10-16-9-5-4-6-12(16)2/h12-13,15,17H,3-11H2,1-2H3. The zero-order chi connectivity index (χ0) is 12.3. The van der Waals surface area contributed by atoms with Gasteiger partial charge in [-0.05, 0) is 51.6 Å². The fourth-order valence-corrected chi connectivity index (χ4v) is 3.31. The van der Waals surface area contributed by atoms with Crippen LogP contribution in [-0.2, 0) is 0 Å². The smallest absolute Gasteiger partial charge is 0.0628 e. The summed E-state index contributed by atoms with van der Waals surface area (Å²) in [5.74, 6) is 0.696. The number of hydrogen-bond acceptors (Lipinski definition) is 3. The fourth-order valence-electron chi connectivity index (χ4n) is 3.31. The molecule has 0 aromatic rings. The number of rotatable bonds is 6. The zero-order valence-corrected chi connectivity index (χ0v) is 11.4. The van der Waals surface area contributed by atoms with Crippen molar-refractivity contribution in [2.45, 2.75) is 57.5 Å². The third-order valence-electron chi connectivity index (χ3n) is 4.60. The van der Waals surface area contributed by atoms with Crippen LogP contribution in [0.25, 0.3) is 0 Å². The highest BCUT2D eigenvalue weighted by atomic mass is 16.3. The molecule has 2 N–H and O–H groups in total. The Labute approximate surface area is 106 Å². The summed E-state index contributed by atoms with van der Waals surface area (Å²) in [6.45, 7) is 7.96. The van der Waals surface area contributed by atoms with Crippen molar-refractivity contribution in [2.75, 3.05) is 26.2 Å². The van der Waals surface area contributed by atoms with Gasteiger partial charge in [0, 0.05) is 12.6 Å². The Morgan fingerprint density at radius 1 is 1.29 bits per heavy atom. The third-order valence-corrected chi connectivity index (χ3v) is 4.60. The monoisotopic (exact) mass is 240 g/mol. The van der Waals surface area contributed by atoms with Crippen molar-refractivity contribution in [2.24, 2.45) is 5.92 Å². The van der Waals surface area contributed by atoms with Gasteiger partial charge in [0.05, 0.1) is 12.1 Å². The van der Waals surface area contributed by atoms with Crippen LogP contribution in [0.1, 0.15) is 46.0 Å². The predicted octanol–water partition coefficient (Wildman–Crippen LogP) is 1.61. The van der Waals surface area contributed by atoms with Gasteiger partial charge in [-0.3, -0.25) is 4.90 Å². The Kier molecular flexibility index (Phi) is 4.45. The first-order chi connectivity index (χ1) is 8.22. The van der Waals surface area contributed by atoms with Crippen LogP contribution in [0.2, 0.25) is 0 Å². The molecule has 1 aliphatic carbocycles. The van der Waals surface area contributed by atoms with Crippen LogP contribution in [0, 0.1) is 5.92 Å². The molecule has 1 saturated heterocycles. The van der Waals surface area contributed by atoms with Crippen molar-refractivity contribution in [3.8, 4) is 0 Å². The van der Waals surface area contributed by atoms with Crippen LogP contribution < -0.4 is 5.32 Å². The van der Waals surface area contributed by atoms with Gasteiger partial charge in [0.2, 0.25) is 0 Å². The van der Waals surface area contributed by atoms with E-state index in [4.69, 9.17) is 0 Å². The van der Waals surface area contributed by atoms with Crippen LogP contribution in [0.3, 0.4) is 0 Å². The van der Waals surface area contributed by atoms with Crippen molar-refractivity contribution in [3.05, 3.63) is 0 Å². The molecule has 2 rings (SSSR count). The maximum atomic E-state index is 9.85. The summed E-state index contributed by atoms with van der Waals surface area (Å²) >= 11 is 0. The maximum Gasteiger partial charge on any atom is 0.0628 e. The Morgan fingerprint density at radius 2 is 2.06 bits per heavy atom. The minimum absolute atomic E-state index is 0.0274. The van der Waals surface area contributed by atoms with E-state index in [1.165, 1.54) is 38.6 Å². The van der Waals surface area contributed by atoms with Gasteiger partial charge in [0.15, 0.2) is 0 Å². The van der Waals surface area contributed by atoms with Gasteiger partial charge in [-0.25, -0.2) is 0 Å². The number of nitrogens with zero attached hydrogens (tertiary/aromatic N) is 1. The SMILES string of the molecule is CCNC(CO)(CN1CCCCC1C)C1CC1. The van der Waals surface area contributed by atoms with E-state index in [1.807, 2.05) is 0 Å². The molecule has 1 aliphatic heterocycles. The minimum Gasteiger partial charge on any atom is -0.394 e. The van der Waals surface area contributed by atoms with Crippen LogP contribution in [0.4, 0.5) is 0 Å². The molecule has 0 amide bonds. The highest BCUT2D eigenvalue weighted by Crippen LogP contribution is 2.40. The second kappa shape index (κ2) is 5.68. The van der Waals surface area contributed by atoms with Crippen LogP contribution in [0.5, 0.6) is 0 Å². The molecule has 1 heterocycles. The molecule has 2 unspecified atom stereocenters. The number of hydrogen-bond donors (Lipinski definition) is 2. The average Bonchev–Trinajstić information content (AvgIpc) is 3.15. The van der Waals surface area contributed by atoms with Crippen LogP contribution in [-0.4, -0.2) is 47.8 Å². The van der Waals surface area contributed by atoms with E-state index in [1.54, 1.807) is 0 Å². The van der Waals surface area contributed by atoms with E-state index < -0.39 is 0 Å². The second-order valence-electron chi connectivity index (χ2n) is 5.93. The highest BCUT2D eigenvalue weighted by molar-refractivity contribution is 5.03. The van der Waals surface area contributed by atoms with E-state index in [0.29, 0.717) is 12.0 Å². The van der Waals surface area contributed by atoms with Crippen molar-refractivity contribution in [3.63, 3.8) is 0 Å². The largest absolute Gasteiger partial charge is 0.394 e. The van der Waals surface area contributed by atoms with Gasteiger partial charge in [-0.1, -0.05) is 13.3 Å². The molecule has 2 fully saturated rings. The van der Waals surface area contributed by atoms with E-state index in [0.717, 1.165) is 13.1 Å². The van der Waals surface area contributed by atoms with Gasteiger partial charge in [0.25, 0.3) is 0 Å². The van der Waals surface area contributed by atoms with Crippen molar-refractivity contribution >= 4 is 0 Å². The van der Waals surface area contributed by atoms with E-state index in [9.17, 15) is 5.11 Å². The van der Waals surface area contributed by atoms with Gasteiger partial charge in [-0.2, -0.15) is 0 Å². The van der Waals surface area contributed by atoms with Crippen molar-refractivity contribution < 1.29 is 5.11 Å². The number of likely N-dealkylation sites (N-methyl/N-ethyl adjacent to an activating group) is 1. The minimum atomic E-state index is -0.0274. The average molecular weight is 240 g/mol. The summed E-state index contributed by atoms with van der Waals surface area (Å²) in [5.41, 5.74) is -0.0274. The van der Waals surface area contributed by atoms with E-state index >= 15 is 0 Å². The number of aliphatic hydroxyl groups is 1. The molecule has 2 aliphatic rings. The molecule has 0 spiro atoms. The zero-order valence-electron chi connectivity index (χ0n) is 11.4. The molecule has 0 bridgehead atoms. The summed E-state index contributed by atoms with van der Waals surface area (Å²) in [6.07, 6.45) is 6.58. The molecule has 2 atom stereocenters. The summed E-state index contributed by atoms with van der Waals surface area (Å²) < 4.78 is 0. The lowest BCUT2D eigenvalue weighted by molar-refractivity contribution is 0.0599. The normalized spacial score (nSPS) is 30.2. The lowest BCUT2D eigenvalue weighted by atomic mass is 9.91. The van der Waals surface area contributed by atoms with Gasteiger partial charge in [-0.15, -0.1) is 0 Å². The summed E-state index contributed by atoms with van der Waals surface area (Å²) in [4.78, 5) is 2.58. The van der Waals surface area contributed by atoms with Gasteiger partial charge in [0.1, 0.15) is 0 Å². The molecule has 0 radical (unpaired) electrons. The Morgan fingerprint density at radius 3 is 2.59 bits per heavy atom. The molecule has 0 aromatic heterocycles. The summed E-state index contributed by atoms with van der Waals surface area (Å²) in [5, 5.41) is 13.4. The molecular weight excluding hydrogens is 212 g/mol. The van der Waals surface area contributed by atoms with Crippen molar-refractivity contribution in [1.82, 2.24) is 10.2 Å².